The van der Waals surface area contributed by atoms with E-state index in [1.54, 1.807) is 12.0 Å². The summed E-state index contributed by atoms with van der Waals surface area (Å²) in [5.74, 6) is 0. The first-order valence-corrected chi connectivity index (χ1v) is 6.07. The molecule has 0 aliphatic rings. The van der Waals surface area contributed by atoms with Gasteiger partial charge in [-0.2, -0.15) is 0 Å². The number of methoxy groups -OCH3 is 1. The maximum absolute atomic E-state index is 11.8. The van der Waals surface area contributed by atoms with Gasteiger partial charge in [-0.3, -0.25) is 0 Å². The van der Waals surface area contributed by atoms with E-state index in [0.29, 0.717) is 13.1 Å². The molecule has 0 fully saturated rings. The zero-order valence-corrected chi connectivity index (χ0v) is 11.6. The van der Waals surface area contributed by atoms with Crippen molar-refractivity contribution in [2.75, 3.05) is 26.8 Å². The Morgan fingerprint density at radius 1 is 1.53 bits per heavy atom. The van der Waals surface area contributed by atoms with E-state index in [4.69, 9.17) is 9.84 Å². The maximum Gasteiger partial charge on any atom is 0.317 e. The Hall–Kier alpha value is -0.810. The predicted molar refractivity (Wildman–Crippen MR) is 68.0 cm³/mol. The molecule has 5 heteroatoms. The number of aliphatic hydroxyl groups excluding tert-OH is 1. The van der Waals surface area contributed by atoms with E-state index < -0.39 is 0 Å². The third kappa shape index (κ3) is 6.48. The van der Waals surface area contributed by atoms with Gasteiger partial charge in [0.1, 0.15) is 0 Å². The molecule has 0 aromatic carbocycles. The molecule has 0 aromatic heterocycles. The minimum atomic E-state index is -0.249. The summed E-state index contributed by atoms with van der Waals surface area (Å²) in [6, 6.07) is -0.105. The van der Waals surface area contributed by atoms with Crippen LogP contribution in [0.1, 0.15) is 34.1 Å². The summed E-state index contributed by atoms with van der Waals surface area (Å²) in [5.41, 5.74) is -0.249. The molecule has 0 aromatic rings. The lowest BCUT2D eigenvalue weighted by atomic mass is 10.00. The number of carbonyl (C=O) groups is 1. The molecule has 1 atom stereocenters. The number of nitrogens with zero attached hydrogens (tertiary/aromatic N) is 1. The van der Waals surface area contributed by atoms with Gasteiger partial charge in [-0.1, -0.05) is 0 Å². The predicted octanol–water partition coefficient (Wildman–Crippen LogP) is 1.21. The van der Waals surface area contributed by atoms with Crippen molar-refractivity contribution in [2.45, 2.75) is 45.8 Å². The standard InChI is InChI=1S/C12H26N2O3/c1-6-14(7-8-15)11(16)13-10(2)9-12(3,4)17-5/h10,15H,6-9H2,1-5H3,(H,13,16). The zero-order chi connectivity index (χ0) is 13.5. The van der Waals surface area contributed by atoms with Crippen LogP contribution in [-0.2, 0) is 4.74 Å². The topological polar surface area (TPSA) is 61.8 Å². The number of hydrogen-bond donors (Lipinski definition) is 2. The molecule has 0 bridgehead atoms. The minimum absolute atomic E-state index is 0.0147. The summed E-state index contributed by atoms with van der Waals surface area (Å²) in [7, 11) is 1.67. The molecule has 1 unspecified atom stereocenters. The highest BCUT2D eigenvalue weighted by Gasteiger charge is 2.22. The first-order chi connectivity index (χ1) is 7.86. The molecule has 0 aliphatic carbocycles. The van der Waals surface area contributed by atoms with Gasteiger partial charge in [-0.25, -0.2) is 4.79 Å². The summed E-state index contributed by atoms with van der Waals surface area (Å²) in [5, 5.41) is 11.7. The van der Waals surface area contributed by atoms with Crippen molar-refractivity contribution in [3.63, 3.8) is 0 Å². The van der Waals surface area contributed by atoms with Crippen molar-refractivity contribution in [1.82, 2.24) is 10.2 Å². The van der Waals surface area contributed by atoms with Crippen LogP contribution in [0.2, 0.25) is 0 Å². The van der Waals surface area contributed by atoms with Crippen molar-refractivity contribution < 1.29 is 14.6 Å². The van der Waals surface area contributed by atoms with Crippen LogP contribution in [0.5, 0.6) is 0 Å². The van der Waals surface area contributed by atoms with E-state index in [0.717, 1.165) is 6.42 Å². The zero-order valence-electron chi connectivity index (χ0n) is 11.6. The SMILES string of the molecule is CCN(CCO)C(=O)NC(C)CC(C)(C)OC. The van der Waals surface area contributed by atoms with Gasteiger partial charge < -0.3 is 20.1 Å². The van der Waals surface area contributed by atoms with Gasteiger partial charge in [0.15, 0.2) is 0 Å². The lowest BCUT2D eigenvalue weighted by Crippen LogP contribution is -2.46. The molecule has 2 amide bonds. The average Bonchev–Trinajstić information content (AvgIpc) is 2.24. The van der Waals surface area contributed by atoms with Crippen LogP contribution < -0.4 is 5.32 Å². The van der Waals surface area contributed by atoms with Crippen LogP contribution in [0.25, 0.3) is 0 Å². The van der Waals surface area contributed by atoms with Crippen LogP contribution in [0.4, 0.5) is 4.79 Å². The highest BCUT2D eigenvalue weighted by molar-refractivity contribution is 5.74. The molecular weight excluding hydrogens is 220 g/mol. The van der Waals surface area contributed by atoms with Gasteiger partial charge in [-0.05, 0) is 34.1 Å². The number of aliphatic hydroxyl groups is 1. The fourth-order valence-electron chi connectivity index (χ4n) is 1.70. The van der Waals surface area contributed by atoms with E-state index >= 15 is 0 Å². The second-order valence-electron chi connectivity index (χ2n) is 4.82. The van der Waals surface area contributed by atoms with Gasteiger partial charge in [0, 0.05) is 26.2 Å². The van der Waals surface area contributed by atoms with Crippen molar-refractivity contribution in [3.05, 3.63) is 0 Å². The molecule has 2 N–H and O–H groups in total. The largest absolute Gasteiger partial charge is 0.395 e. The minimum Gasteiger partial charge on any atom is -0.395 e. The Labute approximate surface area is 104 Å². The normalized spacial score (nSPS) is 13.3. The van der Waals surface area contributed by atoms with Gasteiger partial charge >= 0.3 is 6.03 Å². The fourth-order valence-corrected chi connectivity index (χ4v) is 1.70. The molecule has 0 spiro atoms. The highest BCUT2D eigenvalue weighted by atomic mass is 16.5. The number of amides is 2. The van der Waals surface area contributed by atoms with Crippen LogP contribution in [0.3, 0.4) is 0 Å². The number of carbonyl (C=O) groups excluding carboxylic acids is 1. The molecule has 0 heterocycles. The van der Waals surface area contributed by atoms with E-state index in [-0.39, 0.29) is 24.3 Å². The van der Waals surface area contributed by atoms with Gasteiger partial charge in [0.2, 0.25) is 0 Å². The number of hydrogen-bond acceptors (Lipinski definition) is 3. The monoisotopic (exact) mass is 246 g/mol. The van der Waals surface area contributed by atoms with Crippen molar-refractivity contribution in [1.29, 1.82) is 0 Å². The van der Waals surface area contributed by atoms with Gasteiger partial charge in [0.05, 0.1) is 12.2 Å². The smallest absolute Gasteiger partial charge is 0.317 e. The molecule has 0 rings (SSSR count). The molecule has 102 valence electrons. The number of ether oxygens (including phenoxy) is 1. The molecule has 5 nitrogen and oxygen atoms in total. The van der Waals surface area contributed by atoms with Crippen molar-refractivity contribution in [2.24, 2.45) is 0 Å². The first-order valence-electron chi connectivity index (χ1n) is 6.07. The quantitative estimate of drug-likeness (QED) is 0.710. The Balaban J connectivity index is 4.18. The summed E-state index contributed by atoms with van der Waals surface area (Å²) in [6.45, 7) is 8.75. The van der Waals surface area contributed by atoms with Crippen molar-refractivity contribution in [3.8, 4) is 0 Å². The van der Waals surface area contributed by atoms with Crippen molar-refractivity contribution >= 4 is 6.03 Å². The molecule has 0 saturated heterocycles. The maximum atomic E-state index is 11.8. The van der Waals surface area contributed by atoms with Gasteiger partial charge in [-0.15, -0.1) is 0 Å². The number of likely N-dealkylation sites (N-methyl/N-ethyl adjacent to an activating group) is 1. The second-order valence-corrected chi connectivity index (χ2v) is 4.82. The molecule has 0 radical (unpaired) electrons. The Morgan fingerprint density at radius 2 is 2.12 bits per heavy atom. The van der Waals surface area contributed by atoms with E-state index in [1.807, 2.05) is 27.7 Å². The third-order valence-electron chi connectivity index (χ3n) is 2.76. The number of rotatable bonds is 7. The molecule has 0 saturated carbocycles. The van der Waals surface area contributed by atoms with Gasteiger partial charge in [0.25, 0.3) is 0 Å². The van der Waals surface area contributed by atoms with E-state index in [9.17, 15) is 4.79 Å². The Kier molecular flexibility index (Phi) is 7.15. The molecule has 17 heavy (non-hydrogen) atoms. The van der Waals surface area contributed by atoms with Crippen LogP contribution >= 0.6 is 0 Å². The third-order valence-corrected chi connectivity index (χ3v) is 2.76. The summed E-state index contributed by atoms with van der Waals surface area (Å²) >= 11 is 0. The lowest BCUT2D eigenvalue weighted by molar-refractivity contribution is 0.00911. The first kappa shape index (κ1) is 16.2. The average molecular weight is 246 g/mol. The molecular formula is C12H26N2O3. The number of urea groups is 1. The van der Waals surface area contributed by atoms with Crippen LogP contribution in [0, 0.1) is 0 Å². The fraction of sp³-hybridized carbons (Fsp3) is 0.917. The Bertz CT molecular complexity index is 232. The lowest BCUT2D eigenvalue weighted by Gasteiger charge is -2.29. The summed E-state index contributed by atoms with van der Waals surface area (Å²) in [4.78, 5) is 13.4. The van der Waals surface area contributed by atoms with Crippen LogP contribution in [0.15, 0.2) is 0 Å². The summed E-state index contributed by atoms with van der Waals surface area (Å²) in [6.07, 6.45) is 0.742. The summed E-state index contributed by atoms with van der Waals surface area (Å²) < 4.78 is 5.32. The van der Waals surface area contributed by atoms with E-state index in [1.165, 1.54) is 0 Å². The Morgan fingerprint density at radius 3 is 2.53 bits per heavy atom. The highest BCUT2D eigenvalue weighted by Crippen LogP contribution is 2.15. The van der Waals surface area contributed by atoms with Crippen LogP contribution in [-0.4, -0.2) is 54.5 Å². The molecule has 0 aliphatic heterocycles. The van der Waals surface area contributed by atoms with E-state index in [2.05, 4.69) is 5.32 Å². The number of nitrogens with one attached hydrogen (secondary N) is 1. The second kappa shape index (κ2) is 7.50.